The number of carbonyl (C=O) groups is 2. The van der Waals surface area contributed by atoms with Gasteiger partial charge in [-0.05, 0) is 65.7 Å². The SMILES string of the molecule is CCOc1cc(/C=N/NC(=O)COc2nc(C)c(Br)c(COC)c2C#N)ccc1OCC(=O)Nc1ccccc1OC. The minimum Gasteiger partial charge on any atom is -0.495 e. The number of amides is 2. The summed E-state index contributed by atoms with van der Waals surface area (Å²) in [5.41, 5.74) is 4.84. The maximum Gasteiger partial charge on any atom is 0.278 e. The molecule has 0 saturated heterocycles. The molecule has 2 aromatic carbocycles. The molecule has 2 amide bonds. The number of hydrogen-bond donors (Lipinski definition) is 2. The summed E-state index contributed by atoms with van der Waals surface area (Å²) >= 11 is 3.41. The lowest BCUT2D eigenvalue weighted by Crippen LogP contribution is -2.25. The molecule has 13 heteroatoms. The standard InChI is InChI=1S/C29H30BrN5O7/c1-5-40-25-12-19(10-11-24(25)41-16-26(36)34-22-8-6-7-9-23(22)39-4)14-32-35-27(37)17-42-29-20(13-31)21(15-38-3)28(30)18(2)33-29/h6-12,14H,5,15-17H2,1-4H3,(H,34,36)(H,35,37)/b32-14+. The second kappa shape index (κ2) is 15.9. The Hall–Kier alpha value is -4.67. The highest BCUT2D eigenvalue weighted by Crippen LogP contribution is 2.30. The van der Waals surface area contributed by atoms with Crippen LogP contribution in [0.2, 0.25) is 0 Å². The third kappa shape index (κ3) is 8.66. The smallest absolute Gasteiger partial charge is 0.278 e. The predicted molar refractivity (Wildman–Crippen MR) is 158 cm³/mol. The second-order valence-electron chi connectivity index (χ2n) is 8.47. The van der Waals surface area contributed by atoms with Gasteiger partial charge in [0.1, 0.15) is 17.4 Å². The van der Waals surface area contributed by atoms with Gasteiger partial charge in [0.15, 0.2) is 24.7 Å². The number of nitrogens with one attached hydrogen (secondary N) is 2. The minimum absolute atomic E-state index is 0.0258. The molecule has 220 valence electrons. The summed E-state index contributed by atoms with van der Waals surface area (Å²) in [5, 5.41) is 16.3. The molecule has 0 aliphatic carbocycles. The van der Waals surface area contributed by atoms with Gasteiger partial charge in [0, 0.05) is 17.1 Å². The van der Waals surface area contributed by atoms with Crippen LogP contribution in [-0.4, -0.2) is 57.1 Å². The van der Waals surface area contributed by atoms with Gasteiger partial charge in [-0.1, -0.05) is 12.1 Å². The maximum absolute atomic E-state index is 12.4. The molecule has 0 aliphatic rings. The third-order valence-electron chi connectivity index (χ3n) is 5.52. The number of carbonyl (C=O) groups excluding carboxylic acids is 2. The molecule has 0 atom stereocenters. The van der Waals surface area contributed by atoms with Gasteiger partial charge >= 0.3 is 0 Å². The van der Waals surface area contributed by atoms with Crippen molar-refractivity contribution in [3.8, 4) is 29.2 Å². The van der Waals surface area contributed by atoms with E-state index in [1.54, 1.807) is 49.4 Å². The molecule has 0 unspecified atom stereocenters. The number of nitriles is 1. The van der Waals surface area contributed by atoms with Gasteiger partial charge < -0.3 is 29.0 Å². The number of ether oxygens (including phenoxy) is 5. The van der Waals surface area contributed by atoms with Gasteiger partial charge in [-0.2, -0.15) is 10.4 Å². The molecule has 0 bridgehead atoms. The highest BCUT2D eigenvalue weighted by Gasteiger charge is 2.18. The van der Waals surface area contributed by atoms with Gasteiger partial charge in [0.2, 0.25) is 5.88 Å². The van der Waals surface area contributed by atoms with E-state index in [9.17, 15) is 14.9 Å². The number of pyridine rings is 1. The van der Waals surface area contributed by atoms with Crippen LogP contribution in [0.5, 0.6) is 23.1 Å². The average molecular weight is 640 g/mol. The topological polar surface area (TPSA) is 153 Å². The lowest BCUT2D eigenvalue weighted by molar-refractivity contribution is -0.123. The first-order valence-electron chi connectivity index (χ1n) is 12.7. The molecule has 1 aromatic heterocycles. The van der Waals surface area contributed by atoms with Crippen LogP contribution >= 0.6 is 15.9 Å². The van der Waals surface area contributed by atoms with E-state index in [1.165, 1.54) is 20.4 Å². The lowest BCUT2D eigenvalue weighted by atomic mass is 10.1. The van der Waals surface area contributed by atoms with Crippen molar-refractivity contribution in [1.29, 1.82) is 5.26 Å². The highest BCUT2D eigenvalue weighted by molar-refractivity contribution is 9.10. The molecule has 2 N–H and O–H groups in total. The summed E-state index contributed by atoms with van der Waals surface area (Å²) in [5.74, 6) is 0.387. The van der Waals surface area contributed by atoms with Crippen LogP contribution in [0.3, 0.4) is 0 Å². The Kier molecular flexibility index (Phi) is 12.1. The molecule has 42 heavy (non-hydrogen) atoms. The quantitative estimate of drug-likeness (QED) is 0.196. The Bertz CT molecular complexity index is 1490. The number of hydrogen-bond acceptors (Lipinski definition) is 10. The molecular weight excluding hydrogens is 610 g/mol. The molecule has 0 saturated carbocycles. The van der Waals surface area contributed by atoms with Gasteiger partial charge in [0.25, 0.3) is 11.8 Å². The number of halogens is 1. The van der Waals surface area contributed by atoms with Crippen molar-refractivity contribution in [3.05, 3.63) is 69.3 Å². The summed E-state index contributed by atoms with van der Waals surface area (Å²) < 4.78 is 27.9. The van der Waals surface area contributed by atoms with Gasteiger partial charge in [-0.15, -0.1) is 0 Å². The summed E-state index contributed by atoms with van der Waals surface area (Å²) in [6.07, 6.45) is 1.41. The number of benzene rings is 2. The van der Waals surface area contributed by atoms with Crippen molar-refractivity contribution < 1.29 is 33.3 Å². The van der Waals surface area contributed by atoms with Crippen molar-refractivity contribution in [2.45, 2.75) is 20.5 Å². The zero-order chi connectivity index (χ0) is 30.5. The average Bonchev–Trinajstić information content (AvgIpc) is 2.98. The van der Waals surface area contributed by atoms with E-state index in [4.69, 9.17) is 23.7 Å². The Labute approximate surface area is 251 Å². The van der Waals surface area contributed by atoms with Crippen molar-refractivity contribution in [3.63, 3.8) is 0 Å². The van der Waals surface area contributed by atoms with Crippen LogP contribution in [0, 0.1) is 18.3 Å². The molecule has 3 rings (SSSR count). The molecule has 0 spiro atoms. The van der Waals surface area contributed by atoms with Crippen LogP contribution in [-0.2, 0) is 20.9 Å². The molecule has 0 fully saturated rings. The van der Waals surface area contributed by atoms with E-state index < -0.39 is 12.5 Å². The largest absolute Gasteiger partial charge is 0.495 e. The first-order valence-corrected chi connectivity index (χ1v) is 13.5. The van der Waals surface area contributed by atoms with Crippen molar-refractivity contribution in [2.24, 2.45) is 5.10 Å². The first kappa shape index (κ1) is 31.9. The van der Waals surface area contributed by atoms with Crippen LogP contribution < -0.4 is 29.7 Å². The molecule has 1 heterocycles. The van der Waals surface area contributed by atoms with Crippen LogP contribution in [0.15, 0.2) is 52.0 Å². The zero-order valence-electron chi connectivity index (χ0n) is 23.5. The fraction of sp³-hybridized carbons (Fsp3) is 0.276. The third-order valence-corrected chi connectivity index (χ3v) is 6.57. The molecule has 0 radical (unpaired) electrons. The second-order valence-corrected chi connectivity index (χ2v) is 9.27. The Morgan fingerprint density at radius 2 is 1.81 bits per heavy atom. The number of aromatic nitrogens is 1. The Morgan fingerprint density at radius 3 is 2.52 bits per heavy atom. The maximum atomic E-state index is 12.4. The first-order chi connectivity index (χ1) is 20.3. The molecule has 0 aliphatic heterocycles. The van der Waals surface area contributed by atoms with E-state index in [0.29, 0.717) is 50.8 Å². The summed E-state index contributed by atoms with van der Waals surface area (Å²) in [6.45, 7) is 3.42. The molecule has 3 aromatic rings. The molecule has 12 nitrogen and oxygen atoms in total. The number of nitrogens with zero attached hydrogens (tertiary/aromatic N) is 3. The number of para-hydroxylation sites is 2. The van der Waals surface area contributed by atoms with Crippen molar-refractivity contribution in [1.82, 2.24) is 10.4 Å². The number of rotatable bonds is 14. The van der Waals surface area contributed by atoms with Gasteiger partial charge in [-0.3, -0.25) is 9.59 Å². The van der Waals surface area contributed by atoms with E-state index in [0.717, 1.165) is 0 Å². The number of anilines is 1. The fourth-order valence-corrected chi connectivity index (χ4v) is 4.03. The minimum atomic E-state index is -0.558. The van der Waals surface area contributed by atoms with Crippen LogP contribution in [0.4, 0.5) is 5.69 Å². The van der Waals surface area contributed by atoms with Gasteiger partial charge in [0.05, 0.1) is 37.9 Å². The Balaban J connectivity index is 1.58. The zero-order valence-corrected chi connectivity index (χ0v) is 25.1. The van der Waals surface area contributed by atoms with Crippen molar-refractivity contribution >= 4 is 39.6 Å². The van der Waals surface area contributed by atoms with Crippen molar-refractivity contribution in [2.75, 3.05) is 39.4 Å². The van der Waals surface area contributed by atoms with Crippen LogP contribution in [0.1, 0.15) is 29.3 Å². The summed E-state index contributed by atoms with van der Waals surface area (Å²) in [6, 6.07) is 14.1. The summed E-state index contributed by atoms with van der Waals surface area (Å²) in [7, 11) is 3.03. The van der Waals surface area contributed by atoms with Crippen LogP contribution in [0.25, 0.3) is 0 Å². The van der Waals surface area contributed by atoms with E-state index in [2.05, 4.69) is 36.8 Å². The number of hydrazone groups is 1. The molecular formula is C29H30BrN5O7. The van der Waals surface area contributed by atoms with E-state index >= 15 is 0 Å². The highest BCUT2D eigenvalue weighted by atomic mass is 79.9. The van der Waals surface area contributed by atoms with E-state index in [-0.39, 0.29) is 30.6 Å². The normalized spacial score (nSPS) is 10.6. The monoisotopic (exact) mass is 639 g/mol. The predicted octanol–water partition coefficient (Wildman–Crippen LogP) is 4.12. The number of aryl methyl sites for hydroxylation is 1. The van der Waals surface area contributed by atoms with E-state index in [1.807, 2.05) is 13.0 Å². The number of methoxy groups -OCH3 is 2. The Morgan fingerprint density at radius 1 is 1.05 bits per heavy atom. The lowest BCUT2D eigenvalue weighted by Gasteiger charge is -2.13. The van der Waals surface area contributed by atoms with Gasteiger partial charge in [-0.25, -0.2) is 10.4 Å². The fourth-order valence-electron chi connectivity index (χ4n) is 3.63. The summed E-state index contributed by atoms with van der Waals surface area (Å²) in [4.78, 5) is 29.0.